The Bertz CT molecular complexity index is 1120. The first-order chi connectivity index (χ1) is 17.1. The molecule has 1 fully saturated rings. The van der Waals surface area contributed by atoms with Crippen LogP contribution in [0.25, 0.3) is 10.2 Å². The van der Waals surface area contributed by atoms with Gasteiger partial charge in [-0.3, -0.25) is 14.6 Å². The molecule has 35 heavy (non-hydrogen) atoms. The van der Waals surface area contributed by atoms with E-state index >= 15 is 0 Å². The number of fused-ring (bicyclic) bond motifs is 1. The van der Waals surface area contributed by atoms with Crippen LogP contribution in [0.15, 0.2) is 30.3 Å². The monoisotopic (exact) mass is 501 g/mol. The van der Waals surface area contributed by atoms with Gasteiger partial charge in [-0.1, -0.05) is 11.3 Å². The molecule has 0 unspecified atom stereocenters. The minimum Gasteiger partial charge on any atom is -0.495 e. The fourth-order valence-corrected chi connectivity index (χ4v) is 5.17. The Balaban J connectivity index is 1.68. The molecule has 0 spiro atoms. The van der Waals surface area contributed by atoms with Crippen LogP contribution in [0, 0.1) is 0 Å². The van der Waals surface area contributed by atoms with E-state index in [-0.39, 0.29) is 5.91 Å². The van der Waals surface area contributed by atoms with Gasteiger partial charge < -0.3 is 23.7 Å². The van der Waals surface area contributed by atoms with Crippen LogP contribution in [0.3, 0.4) is 0 Å². The van der Waals surface area contributed by atoms with Crippen molar-refractivity contribution in [1.82, 2.24) is 9.88 Å². The molecule has 4 rings (SSSR count). The summed E-state index contributed by atoms with van der Waals surface area (Å²) in [4.78, 5) is 22.7. The SMILES string of the molecule is COc1ccc(C(=O)N(CCCN2CCOCC2)c2nc3c(OC)ccc(OC)c3s2)cc1OC. The third-order valence-electron chi connectivity index (χ3n) is 5.97. The number of carbonyl (C=O) groups is 1. The average molecular weight is 502 g/mol. The maximum absolute atomic E-state index is 13.8. The van der Waals surface area contributed by atoms with Gasteiger partial charge in [-0.05, 0) is 36.8 Å². The van der Waals surface area contributed by atoms with Gasteiger partial charge in [-0.25, -0.2) is 4.98 Å². The Morgan fingerprint density at radius 3 is 2.31 bits per heavy atom. The van der Waals surface area contributed by atoms with Gasteiger partial charge in [-0.15, -0.1) is 0 Å². The Morgan fingerprint density at radius 2 is 1.63 bits per heavy atom. The van der Waals surface area contributed by atoms with Gasteiger partial charge in [0.1, 0.15) is 21.7 Å². The van der Waals surface area contributed by atoms with Crippen molar-refractivity contribution in [3.8, 4) is 23.0 Å². The largest absolute Gasteiger partial charge is 0.495 e. The van der Waals surface area contributed by atoms with E-state index in [9.17, 15) is 4.79 Å². The summed E-state index contributed by atoms with van der Waals surface area (Å²) in [6.07, 6.45) is 0.795. The van der Waals surface area contributed by atoms with E-state index in [0.29, 0.717) is 45.8 Å². The van der Waals surface area contributed by atoms with Crippen molar-refractivity contribution in [2.45, 2.75) is 6.42 Å². The summed E-state index contributed by atoms with van der Waals surface area (Å²) >= 11 is 1.41. The van der Waals surface area contributed by atoms with Crippen LogP contribution in [0.1, 0.15) is 16.8 Å². The number of carbonyl (C=O) groups excluding carboxylic acids is 1. The third-order valence-corrected chi connectivity index (χ3v) is 7.06. The zero-order chi connectivity index (χ0) is 24.8. The molecule has 0 N–H and O–H groups in total. The maximum Gasteiger partial charge on any atom is 0.260 e. The predicted octanol–water partition coefficient (Wildman–Crippen LogP) is 3.70. The van der Waals surface area contributed by atoms with Crippen molar-refractivity contribution < 1.29 is 28.5 Å². The van der Waals surface area contributed by atoms with E-state index in [1.807, 2.05) is 12.1 Å². The van der Waals surface area contributed by atoms with Crippen LogP contribution in [0.4, 0.5) is 5.13 Å². The fraction of sp³-hybridized carbons (Fsp3) is 0.440. The standard InChI is InChI=1S/C25H31N3O6S/c1-30-18-7-6-17(16-21(18)33-4)24(29)28(11-5-10-27-12-14-34-15-13-27)25-26-22-19(31-2)8-9-20(32-3)23(22)35-25/h6-9,16H,5,10-15H2,1-4H3. The second-order valence-electron chi connectivity index (χ2n) is 7.98. The summed E-state index contributed by atoms with van der Waals surface area (Å²) in [5.41, 5.74) is 1.16. The summed E-state index contributed by atoms with van der Waals surface area (Å²) in [6, 6.07) is 8.85. The van der Waals surface area contributed by atoms with E-state index in [2.05, 4.69) is 4.90 Å². The molecule has 2 heterocycles. The first-order valence-electron chi connectivity index (χ1n) is 11.4. The number of anilines is 1. The zero-order valence-corrected chi connectivity index (χ0v) is 21.4. The molecular weight excluding hydrogens is 470 g/mol. The van der Waals surface area contributed by atoms with Gasteiger partial charge >= 0.3 is 0 Å². The molecule has 0 aliphatic carbocycles. The van der Waals surface area contributed by atoms with Gasteiger partial charge in [0.15, 0.2) is 16.6 Å². The van der Waals surface area contributed by atoms with Crippen LogP contribution >= 0.6 is 11.3 Å². The third kappa shape index (κ3) is 5.44. The summed E-state index contributed by atoms with van der Waals surface area (Å²) in [5.74, 6) is 2.23. The molecule has 1 saturated heterocycles. The highest BCUT2D eigenvalue weighted by molar-refractivity contribution is 7.22. The molecule has 10 heteroatoms. The van der Waals surface area contributed by atoms with Gasteiger partial charge in [0, 0.05) is 31.7 Å². The minimum absolute atomic E-state index is 0.162. The van der Waals surface area contributed by atoms with E-state index in [0.717, 1.165) is 44.0 Å². The number of hydrogen-bond acceptors (Lipinski definition) is 9. The number of aromatic nitrogens is 1. The highest BCUT2D eigenvalue weighted by Gasteiger charge is 2.25. The number of thiazole rings is 1. The topological polar surface area (TPSA) is 82.6 Å². The molecule has 1 aliphatic heterocycles. The fourth-order valence-electron chi connectivity index (χ4n) is 4.08. The first-order valence-corrected chi connectivity index (χ1v) is 12.3. The van der Waals surface area contributed by atoms with Gasteiger partial charge in [0.05, 0.1) is 41.7 Å². The second-order valence-corrected chi connectivity index (χ2v) is 8.96. The number of nitrogens with zero attached hydrogens (tertiary/aromatic N) is 3. The summed E-state index contributed by atoms with van der Waals surface area (Å²) in [5, 5.41) is 0.588. The number of hydrogen-bond donors (Lipinski definition) is 0. The Kier molecular flexibility index (Phi) is 8.27. The van der Waals surface area contributed by atoms with Crippen LogP contribution < -0.4 is 23.8 Å². The van der Waals surface area contributed by atoms with Crippen molar-refractivity contribution in [2.24, 2.45) is 0 Å². The number of rotatable bonds is 10. The number of ether oxygens (including phenoxy) is 5. The normalized spacial score (nSPS) is 14.1. The molecule has 9 nitrogen and oxygen atoms in total. The van der Waals surface area contributed by atoms with E-state index < -0.39 is 0 Å². The predicted molar refractivity (Wildman–Crippen MR) is 136 cm³/mol. The number of morpholine rings is 1. The molecule has 1 aromatic heterocycles. The van der Waals surface area contributed by atoms with Crippen LogP contribution in [0.5, 0.6) is 23.0 Å². The molecule has 0 radical (unpaired) electrons. The lowest BCUT2D eigenvalue weighted by molar-refractivity contribution is 0.0376. The molecule has 0 bridgehead atoms. The van der Waals surface area contributed by atoms with Crippen LogP contribution in [0.2, 0.25) is 0 Å². The molecule has 1 amide bonds. The highest BCUT2D eigenvalue weighted by atomic mass is 32.1. The molecular formula is C25H31N3O6S. The van der Waals surface area contributed by atoms with Crippen molar-refractivity contribution in [2.75, 3.05) is 72.7 Å². The van der Waals surface area contributed by atoms with Crippen LogP contribution in [-0.4, -0.2) is 83.6 Å². The van der Waals surface area contributed by atoms with Crippen LogP contribution in [-0.2, 0) is 4.74 Å². The zero-order valence-electron chi connectivity index (χ0n) is 20.5. The van der Waals surface area contributed by atoms with Gasteiger partial charge in [0.2, 0.25) is 0 Å². The summed E-state index contributed by atoms with van der Waals surface area (Å²) in [7, 11) is 6.35. The van der Waals surface area contributed by atoms with E-state index in [1.54, 1.807) is 51.5 Å². The van der Waals surface area contributed by atoms with Crippen molar-refractivity contribution in [3.05, 3.63) is 35.9 Å². The average Bonchev–Trinajstić information content (AvgIpc) is 3.35. The highest BCUT2D eigenvalue weighted by Crippen LogP contribution is 2.40. The first kappa shape index (κ1) is 25.0. The van der Waals surface area contributed by atoms with E-state index in [1.165, 1.54) is 11.3 Å². The molecule has 0 atom stereocenters. The Morgan fingerprint density at radius 1 is 0.971 bits per heavy atom. The van der Waals surface area contributed by atoms with E-state index in [4.69, 9.17) is 28.7 Å². The quantitative estimate of drug-likeness (QED) is 0.416. The molecule has 0 saturated carbocycles. The smallest absolute Gasteiger partial charge is 0.260 e. The lowest BCUT2D eigenvalue weighted by Crippen LogP contribution is -2.39. The van der Waals surface area contributed by atoms with Gasteiger partial charge in [0.25, 0.3) is 5.91 Å². The maximum atomic E-state index is 13.8. The number of amides is 1. The molecule has 188 valence electrons. The lowest BCUT2D eigenvalue weighted by Gasteiger charge is -2.27. The van der Waals surface area contributed by atoms with Crippen molar-refractivity contribution >= 4 is 32.6 Å². The van der Waals surface area contributed by atoms with Crippen molar-refractivity contribution in [1.29, 1.82) is 0 Å². The molecule has 3 aromatic rings. The minimum atomic E-state index is -0.162. The number of benzene rings is 2. The van der Waals surface area contributed by atoms with Gasteiger partial charge in [-0.2, -0.15) is 0 Å². The van der Waals surface area contributed by atoms with Crippen molar-refractivity contribution in [3.63, 3.8) is 0 Å². The number of methoxy groups -OCH3 is 4. The summed E-state index contributed by atoms with van der Waals surface area (Å²) < 4.78 is 28.1. The lowest BCUT2D eigenvalue weighted by atomic mass is 10.1. The molecule has 2 aromatic carbocycles. The molecule has 1 aliphatic rings. The summed E-state index contributed by atoms with van der Waals surface area (Å²) in [6.45, 7) is 4.67. The Labute approximate surface area is 209 Å². The Hall–Kier alpha value is -3.08. The second kappa shape index (κ2) is 11.6.